The van der Waals surface area contributed by atoms with E-state index in [2.05, 4.69) is 5.32 Å². The average Bonchev–Trinajstić information content (AvgIpc) is 3.14. The largest absolute Gasteiger partial charge is 0.479 e. The first-order valence-electron chi connectivity index (χ1n) is 7.20. The number of ether oxygens (including phenoxy) is 1. The van der Waals surface area contributed by atoms with E-state index in [1.165, 1.54) is 0 Å². The van der Waals surface area contributed by atoms with Gasteiger partial charge in [-0.3, -0.25) is 4.79 Å². The molecule has 2 unspecified atom stereocenters. The maximum absolute atomic E-state index is 13.2. The summed E-state index contributed by atoms with van der Waals surface area (Å²) in [6.45, 7) is 4.82. The van der Waals surface area contributed by atoms with Gasteiger partial charge < -0.3 is 15.2 Å². The van der Waals surface area contributed by atoms with E-state index in [0.29, 0.717) is 6.07 Å². The highest BCUT2D eigenvalue weighted by atomic mass is 19.2. The highest BCUT2D eigenvalue weighted by Gasteiger charge is 2.65. The zero-order chi connectivity index (χ0) is 18.3. The van der Waals surface area contributed by atoms with Gasteiger partial charge >= 0.3 is 12.1 Å². The van der Waals surface area contributed by atoms with Crippen LogP contribution in [-0.2, 0) is 9.53 Å². The first-order valence-corrected chi connectivity index (χ1v) is 7.20. The Balaban J connectivity index is 2.17. The van der Waals surface area contributed by atoms with E-state index in [9.17, 15) is 28.3 Å². The summed E-state index contributed by atoms with van der Waals surface area (Å²) >= 11 is 0. The molecule has 1 amide bonds. The SMILES string of the molecule is CC(C)(C)OC(=O)NC1(C(=O)O)CC1C(=O)c1ccc(F)c(F)c1. The number of carboxylic acids is 1. The predicted octanol–water partition coefficient (Wildman–Crippen LogP) is 2.52. The molecule has 0 aliphatic heterocycles. The fourth-order valence-electron chi connectivity index (χ4n) is 2.34. The number of carbonyl (C=O) groups excluding carboxylic acids is 2. The average molecular weight is 341 g/mol. The summed E-state index contributed by atoms with van der Waals surface area (Å²) in [4.78, 5) is 35.6. The van der Waals surface area contributed by atoms with Gasteiger partial charge in [0.2, 0.25) is 0 Å². The molecular weight excluding hydrogens is 324 g/mol. The van der Waals surface area contributed by atoms with Crippen LogP contribution in [0.5, 0.6) is 0 Å². The molecule has 2 atom stereocenters. The number of rotatable bonds is 4. The van der Waals surface area contributed by atoms with Gasteiger partial charge in [-0.1, -0.05) is 0 Å². The van der Waals surface area contributed by atoms with Gasteiger partial charge in [-0.2, -0.15) is 0 Å². The van der Waals surface area contributed by atoms with E-state index in [-0.39, 0.29) is 12.0 Å². The molecule has 2 N–H and O–H groups in total. The molecule has 130 valence electrons. The number of carbonyl (C=O) groups is 3. The lowest BCUT2D eigenvalue weighted by Gasteiger charge is -2.22. The van der Waals surface area contributed by atoms with Crippen molar-refractivity contribution in [2.45, 2.75) is 38.3 Å². The maximum Gasteiger partial charge on any atom is 0.408 e. The molecule has 6 nitrogen and oxygen atoms in total. The summed E-state index contributed by atoms with van der Waals surface area (Å²) in [6.07, 6.45) is -1.12. The second-order valence-electron chi connectivity index (χ2n) is 6.65. The van der Waals surface area contributed by atoms with Gasteiger partial charge in [0.25, 0.3) is 0 Å². The lowest BCUT2D eigenvalue weighted by molar-refractivity contribution is -0.141. The van der Waals surface area contributed by atoms with E-state index in [1.807, 2.05) is 0 Å². The molecule has 1 aromatic rings. The lowest BCUT2D eigenvalue weighted by Crippen LogP contribution is -2.47. The standard InChI is InChI=1S/C16H17F2NO5/c1-15(2,3)24-14(23)19-16(13(21)22)7-9(16)12(20)8-4-5-10(17)11(18)6-8/h4-6,9H,7H2,1-3H3,(H,19,23)(H,21,22). The summed E-state index contributed by atoms with van der Waals surface area (Å²) in [5.41, 5.74) is -2.80. The third-order valence-corrected chi connectivity index (χ3v) is 3.59. The maximum atomic E-state index is 13.2. The van der Waals surface area contributed by atoms with Crippen molar-refractivity contribution in [3.63, 3.8) is 0 Å². The highest BCUT2D eigenvalue weighted by molar-refractivity contribution is 6.07. The molecule has 0 radical (unpaired) electrons. The van der Waals surface area contributed by atoms with Crippen molar-refractivity contribution in [3.05, 3.63) is 35.4 Å². The summed E-state index contributed by atoms with van der Waals surface area (Å²) in [5.74, 6) is -5.48. The third kappa shape index (κ3) is 3.52. The van der Waals surface area contributed by atoms with Crippen LogP contribution in [0.4, 0.5) is 13.6 Å². The number of alkyl carbamates (subject to hydrolysis) is 1. The molecule has 24 heavy (non-hydrogen) atoms. The zero-order valence-corrected chi connectivity index (χ0v) is 13.4. The van der Waals surface area contributed by atoms with E-state index in [0.717, 1.165) is 12.1 Å². The van der Waals surface area contributed by atoms with Gasteiger partial charge in [-0.25, -0.2) is 18.4 Å². The molecule has 0 spiro atoms. The van der Waals surface area contributed by atoms with Crippen molar-refractivity contribution >= 4 is 17.8 Å². The molecule has 2 rings (SSSR count). The van der Waals surface area contributed by atoms with Gasteiger partial charge in [0.1, 0.15) is 5.60 Å². The molecule has 0 aromatic heterocycles. The van der Waals surface area contributed by atoms with Crippen LogP contribution in [0.15, 0.2) is 18.2 Å². The van der Waals surface area contributed by atoms with E-state index in [1.54, 1.807) is 20.8 Å². The molecular formula is C16H17F2NO5. The molecule has 1 aliphatic rings. The van der Waals surface area contributed by atoms with Crippen molar-refractivity contribution < 1.29 is 33.0 Å². The fraction of sp³-hybridized carbons (Fsp3) is 0.438. The van der Waals surface area contributed by atoms with E-state index < -0.39 is 46.5 Å². The third-order valence-electron chi connectivity index (χ3n) is 3.59. The number of aliphatic carboxylic acids is 1. The summed E-state index contributed by atoms with van der Waals surface area (Å²) in [5, 5.41) is 11.6. The van der Waals surface area contributed by atoms with Crippen molar-refractivity contribution in [1.82, 2.24) is 5.32 Å². The van der Waals surface area contributed by atoms with Gasteiger partial charge in [0.05, 0.1) is 5.92 Å². The van der Waals surface area contributed by atoms with Gasteiger partial charge in [0.15, 0.2) is 23.0 Å². The molecule has 0 bridgehead atoms. The summed E-state index contributed by atoms with van der Waals surface area (Å²) < 4.78 is 31.2. The van der Waals surface area contributed by atoms with Gasteiger partial charge in [-0.15, -0.1) is 0 Å². The van der Waals surface area contributed by atoms with E-state index >= 15 is 0 Å². The number of ketones is 1. The lowest BCUT2D eigenvalue weighted by atomic mass is 10.0. The number of benzene rings is 1. The topological polar surface area (TPSA) is 92.7 Å². The number of hydrogen-bond acceptors (Lipinski definition) is 4. The summed E-state index contributed by atoms with van der Waals surface area (Å²) in [6, 6.07) is 2.56. The van der Waals surface area contributed by atoms with Crippen LogP contribution in [-0.4, -0.2) is 34.1 Å². The second-order valence-corrected chi connectivity index (χ2v) is 6.65. The molecule has 0 saturated heterocycles. The Kier molecular flexibility index (Phi) is 4.34. The minimum atomic E-state index is -1.80. The second kappa shape index (κ2) is 5.85. The Labute approximate surface area is 136 Å². The zero-order valence-electron chi connectivity index (χ0n) is 13.4. The van der Waals surface area contributed by atoms with Gasteiger partial charge in [-0.05, 0) is 45.4 Å². The minimum Gasteiger partial charge on any atom is -0.479 e. The van der Waals surface area contributed by atoms with Crippen LogP contribution in [0, 0.1) is 17.6 Å². The molecule has 1 fully saturated rings. The Morgan fingerprint density at radius 3 is 2.38 bits per heavy atom. The van der Waals surface area contributed by atoms with E-state index in [4.69, 9.17) is 4.74 Å². The van der Waals surface area contributed by atoms with Crippen LogP contribution in [0.25, 0.3) is 0 Å². The highest BCUT2D eigenvalue weighted by Crippen LogP contribution is 2.46. The molecule has 1 aliphatic carbocycles. The molecule has 8 heteroatoms. The predicted molar refractivity (Wildman–Crippen MR) is 78.5 cm³/mol. The first-order chi connectivity index (χ1) is 11.0. The van der Waals surface area contributed by atoms with Crippen molar-refractivity contribution in [2.75, 3.05) is 0 Å². The Bertz CT molecular complexity index is 713. The quantitative estimate of drug-likeness (QED) is 0.821. The van der Waals surface area contributed by atoms with Gasteiger partial charge in [0, 0.05) is 5.56 Å². The number of halogens is 2. The Morgan fingerprint density at radius 2 is 1.88 bits per heavy atom. The van der Waals surface area contributed by atoms with Crippen LogP contribution >= 0.6 is 0 Å². The molecule has 0 heterocycles. The van der Waals surface area contributed by atoms with Crippen LogP contribution in [0.3, 0.4) is 0 Å². The van der Waals surface area contributed by atoms with Crippen molar-refractivity contribution in [2.24, 2.45) is 5.92 Å². The number of Topliss-reactive ketones (excluding diaryl/α,β-unsaturated/α-hetero) is 1. The minimum absolute atomic E-state index is 0.153. The Morgan fingerprint density at radius 1 is 1.25 bits per heavy atom. The smallest absolute Gasteiger partial charge is 0.408 e. The monoisotopic (exact) mass is 341 g/mol. The normalized spacial score (nSPS) is 22.6. The van der Waals surface area contributed by atoms with Crippen LogP contribution in [0.1, 0.15) is 37.6 Å². The number of hydrogen-bond donors (Lipinski definition) is 2. The number of amides is 1. The first kappa shape index (κ1) is 17.8. The Hall–Kier alpha value is -2.51. The fourth-order valence-corrected chi connectivity index (χ4v) is 2.34. The van der Waals surface area contributed by atoms with Crippen LogP contribution < -0.4 is 5.32 Å². The summed E-state index contributed by atoms with van der Waals surface area (Å²) in [7, 11) is 0. The molecule has 1 aromatic carbocycles. The van der Waals surface area contributed by atoms with Crippen molar-refractivity contribution in [1.29, 1.82) is 0 Å². The van der Waals surface area contributed by atoms with Crippen molar-refractivity contribution in [3.8, 4) is 0 Å². The number of carboxylic acid groups (broad SMARTS) is 1. The number of nitrogens with one attached hydrogen (secondary N) is 1. The molecule has 1 saturated carbocycles. The van der Waals surface area contributed by atoms with Crippen LogP contribution in [0.2, 0.25) is 0 Å².